The molecule has 0 bridgehead atoms. The zero-order chi connectivity index (χ0) is 41.5. The van der Waals surface area contributed by atoms with Gasteiger partial charge in [0.05, 0.1) is 37.6 Å². The summed E-state index contributed by atoms with van der Waals surface area (Å²) in [7, 11) is 2.68. The fourth-order valence-corrected chi connectivity index (χ4v) is 7.88. The first-order valence-electron chi connectivity index (χ1n) is 19.8. The smallest absolute Gasteiger partial charge is 0.408 e. The third kappa shape index (κ3) is 11.9. The average molecular weight is 781 g/mol. The third-order valence-corrected chi connectivity index (χ3v) is 10.2. The van der Waals surface area contributed by atoms with Crippen molar-refractivity contribution >= 4 is 24.1 Å². The molecule has 12 nitrogen and oxygen atoms in total. The Balaban J connectivity index is 0.000000267. The van der Waals surface area contributed by atoms with E-state index in [-0.39, 0.29) is 35.9 Å². The summed E-state index contributed by atoms with van der Waals surface area (Å²) in [6.45, 7) is 17.6. The summed E-state index contributed by atoms with van der Waals surface area (Å²) in [6.07, 6.45) is 3.46. The minimum atomic E-state index is -1.09. The van der Waals surface area contributed by atoms with Crippen LogP contribution in [0.5, 0.6) is 0 Å². The normalized spacial score (nSPS) is 23.6. The van der Waals surface area contributed by atoms with Crippen LogP contribution >= 0.6 is 0 Å². The number of fused-ring (bicyclic) bond motifs is 3. The molecule has 2 fully saturated rings. The van der Waals surface area contributed by atoms with E-state index in [4.69, 9.17) is 28.4 Å². The lowest BCUT2D eigenvalue weighted by atomic mass is 9.80. The first kappa shape index (κ1) is 44.6. The van der Waals surface area contributed by atoms with Crippen molar-refractivity contribution in [1.29, 1.82) is 0 Å². The topological polar surface area (TPSA) is 148 Å². The van der Waals surface area contributed by atoms with Gasteiger partial charge in [0, 0.05) is 5.92 Å². The van der Waals surface area contributed by atoms with Crippen molar-refractivity contribution in [2.24, 2.45) is 0 Å². The summed E-state index contributed by atoms with van der Waals surface area (Å²) < 4.78 is 33.0. The Morgan fingerprint density at radius 3 is 1.32 bits per heavy atom. The van der Waals surface area contributed by atoms with Gasteiger partial charge in [-0.05, 0) is 136 Å². The monoisotopic (exact) mass is 780 g/mol. The van der Waals surface area contributed by atoms with Crippen LogP contribution in [0.4, 0.5) is 9.59 Å². The molecule has 56 heavy (non-hydrogen) atoms. The van der Waals surface area contributed by atoms with Gasteiger partial charge in [-0.3, -0.25) is 0 Å². The summed E-state index contributed by atoms with van der Waals surface area (Å²) in [5.74, 6) is -0.907. The van der Waals surface area contributed by atoms with E-state index in [0.717, 1.165) is 11.1 Å². The molecule has 310 valence electrons. The molecule has 0 heterocycles. The Morgan fingerprint density at radius 2 is 0.964 bits per heavy atom. The molecule has 0 radical (unpaired) electrons. The molecule has 3 aliphatic rings. The highest BCUT2D eigenvalue weighted by molar-refractivity contribution is 5.87. The summed E-state index contributed by atoms with van der Waals surface area (Å²) in [5.41, 5.74) is 1.42. The number of methoxy groups -OCH3 is 2. The minimum Gasteiger partial charge on any atom is -0.467 e. The van der Waals surface area contributed by atoms with E-state index in [0.29, 0.717) is 51.4 Å². The number of ether oxygens (including phenoxy) is 6. The zero-order valence-corrected chi connectivity index (χ0v) is 35.3. The van der Waals surface area contributed by atoms with Crippen LogP contribution in [0.1, 0.15) is 131 Å². The number of hydrogen-bond donors (Lipinski definition) is 2. The van der Waals surface area contributed by atoms with Gasteiger partial charge < -0.3 is 39.1 Å². The number of amides is 2. The molecule has 0 saturated heterocycles. The van der Waals surface area contributed by atoms with Crippen LogP contribution in [0, 0.1) is 0 Å². The van der Waals surface area contributed by atoms with Crippen LogP contribution in [0.2, 0.25) is 0 Å². The second-order valence-electron chi connectivity index (χ2n) is 18.1. The van der Waals surface area contributed by atoms with Gasteiger partial charge in [0.2, 0.25) is 0 Å². The molecule has 0 aromatic heterocycles. The number of benzene rings is 2. The van der Waals surface area contributed by atoms with Crippen molar-refractivity contribution in [3.8, 4) is 11.1 Å². The first-order valence-corrected chi connectivity index (χ1v) is 19.8. The summed E-state index contributed by atoms with van der Waals surface area (Å²) in [5, 5.41) is 5.58. The van der Waals surface area contributed by atoms with Gasteiger partial charge in [-0.25, -0.2) is 19.2 Å². The van der Waals surface area contributed by atoms with E-state index in [1.54, 1.807) is 20.8 Å². The van der Waals surface area contributed by atoms with Crippen LogP contribution in [0.3, 0.4) is 0 Å². The van der Waals surface area contributed by atoms with Crippen molar-refractivity contribution in [3.63, 3.8) is 0 Å². The Kier molecular flexibility index (Phi) is 14.3. The van der Waals surface area contributed by atoms with E-state index in [2.05, 4.69) is 34.9 Å². The highest BCUT2D eigenvalue weighted by Crippen LogP contribution is 2.44. The van der Waals surface area contributed by atoms with Gasteiger partial charge in [-0.15, -0.1) is 0 Å². The zero-order valence-electron chi connectivity index (χ0n) is 35.3. The molecule has 2 saturated carbocycles. The number of rotatable bonds is 8. The molecular formula is C44H64N2O10. The molecule has 2 amide bonds. The second-order valence-corrected chi connectivity index (χ2v) is 18.1. The Labute approximate surface area is 333 Å². The molecular weight excluding hydrogens is 716 g/mol. The van der Waals surface area contributed by atoms with E-state index >= 15 is 0 Å². The molecule has 2 aromatic rings. The van der Waals surface area contributed by atoms with Gasteiger partial charge >= 0.3 is 24.1 Å². The molecule has 5 rings (SSSR count). The maximum absolute atomic E-state index is 12.9. The molecule has 2 N–H and O–H groups in total. The molecule has 0 spiro atoms. The lowest BCUT2D eigenvalue weighted by Gasteiger charge is -2.40. The third-order valence-electron chi connectivity index (χ3n) is 10.2. The molecule has 12 heteroatoms. The standard InChI is InChI=1S/C27H33NO5.C17H31NO5/c1-26(2,3)33-18-13-15-27(16-14-18,24(29)31-4)28-25(30)32-17-23-21-11-7-5-9-19(21)20-10-6-8-12-22(20)23;1-15(2,3)22-12-8-10-17(11-9-12,13(19)21-7)18-14(20)23-16(4,5)6/h5-12,18,23H,13-17H2,1-4H3,(H,28,30);12H,8-11H2,1-7H3,(H,18,20). The fraction of sp³-hybridized carbons (Fsp3) is 0.636. The predicted octanol–water partition coefficient (Wildman–Crippen LogP) is 8.38. The maximum Gasteiger partial charge on any atom is 0.408 e. The number of alkyl carbamates (subject to hydrolysis) is 2. The lowest BCUT2D eigenvalue weighted by molar-refractivity contribution is -0.153. The van der Waals surface area contributed by atoms with Crippen LogP contribution in [-0.2, 0) is 38.0 Å². The Morgan fingerprint density at radius 1 is 0.589 bits per heavy atom. The predicted molar refractivity (Wildman–Crippen MR) is 213 cm³/mol. The van der Waals surface area contributed by atoms with Crippen molar-refractivity contribution in [3.05, 3.63) is 59.7 Å². The quantitative estimate of drug-likeness (QED) is 0.198. The van der Waals surface area contributed by atoms with E-state index in [1.165, 1.54) is 25.3 Å². The molecule has 0 unspecified atom stereocenters. The number of carbonyl (C=O) groups is 4. The molecule has 2 aromatic carbocycles. The van der Waals surface area contributed by atoms with Crippen LogP contribution in [0.25, 0.3) is 11.1 Å². The number of carbonyl (C=O) groups excluding carboxylic acids is 4. The SMILES string of the molecule is COC(=O)C1(NC(=O)OC(C)(C)C)CCC(OC(C)(C)C)CC1.COC(=O)C1(NC(=O)OCC2c3ccccc3-c3ccccc32)CCC(OC(C)(C)C)CC1. The summed E-state index contributed by atoms with van der Waals surface area (Å²) >= 11 is 0. The van der Waals surface area contributed by atoms with Crippen LogP contribution in [-0.4, -0.2) is 85.0 Å². The maximum atomic E-state index is 12.9. The van der Waals surface area contributed by atoms with Gasteiger partial charge in [0.1, 0.15) is 23.3 Å². The van der Waals surface area contributed by atoms with Crippen molar-refractivity contribution in [2.45, 2.75) is 160 Å². The molecule has 0 aliphatic heterocycles. The number of nitrogens with one attached hydrogen (secondary N) is 2. The van der Waals surface area contributed by atoms with E-state index in [9.17, 15) is 19.2 Å². The van der Waals surface area contributed by atoms with Crippen molar-refractivity contribution in [1.82, 2.24) is 10.6 Å². The van der Waals surface area contributed by atoms with E-state index < -0.39 is 40.8 Å². The van der Waals surface area contributed by atoms with Gasteiger partial charge in [-0.2, -0.15) is 0 Å². The fourth-order valence-electron chi connectivity index (χ4n) is 7.88. The number of esters is 2. The first-order chi connectivity index (χ1) is 26.1. The summed E-state index contributed by atoms with van der Waals surface area (Å²) in [6, 6.07) is 16.4. The van der Waals surface area contributed by atoms with E-state index in [1.807, 2.05) is 65.8 Å². The van der Waals surface area contributed by atoms with Crippen LogP contribution < -0.4 is 10.6 Å². The van der Waals surface area contributed by atoms with Crippen molar-refractivity contribution in [2.75, 3.05) is 20.8 Å². The largest absolute Gasteiger partial charge is 0.467 e. The Hall–Kier alpha value is -4.16. The van der Waals surface area contributed by atoms with Gasteiger partial charge in [0.25, 0.3) is 0 Å². The average Bonchev–Trinajstić information content (AvgIpc) is 3.43. The molecule has 3 aliphatic carbocycles. The number of hydrogen-bond acceptors (Lipinski definition) is 10. The van der Waals surface area contributed by atoms with Gasteiger partial charge in [-0.1, -0.05) is 48.5 Å². The van der Waals surface area contributed by atoms with Crippen LogP contribution in [0.15, 0.2) is 48.5 Å². The lowest BCUT2D eigenvalue weighted by Crippen LogP contribution is -2.58. The highest BCUT2D eigenvalue weighted by Gasteiger charge is 2.47. The second kappa shape index (κ2) is 18.0. The summed E-state index contributed by atoms with van der Waals surface area (Å²) in [4.78, 5) is 49.9. The van der Waals surface area contributed by atoms with Crippen molar-refractivity contribution < 1.29 is 47.6 Å². The molecule has 0 atom stereocenters. The highest BCUT2D eigenvalue weighted by atomic mass is 16.6. The minimum absolute atomic E-state index is 0.0341. The Bertz CT molecular complexity index is 1620. The van der Waals surface area contributed by atoms with Gasteiger partial charge in [0.15, 0.2) is 0 Å².